The van der Waals surface area contributed by atoms with E-state index in [0.717, 1.165) is 17.0 Å². The van der Waals surface area contributed by atoms with Crippen molar-refractivity contribution >= 4 is 39.3 Å². The summed E-state index contributed by atoms with van der Waals surface area (Å²) in [6.07, 6.45) is 0. The van der Waals surface area contributed by atoms with Gasteiger partial charge in [-0.2, -0.15) is 5.10 Å². The monoisotopic (exact) mass is 378 g/mol. The fraction of sp³-hybridized carbons (Fsp3) is 0.200. The third kappa shape index (κ3) is 3.14. The van der Waals surface area contributed by atoms with Crippen LogP contribution in [0.15, 0.2) is 58.3 Å². The minimum absolute atomic E-state index is 0.216. The summed E-state index contributed by atoms with van der Waals surface area (Å²) in [6.45, 7) is 2.56. The number of hydrogen-bond acceptors (Lipinski definition) is 5. The van der Waals surface area contributed by atoms with E-state index in [1.54, 1.807) is 48.0 Å². The quantitative estimate of drug-likeness (QED) is 0.687. The van der Waals surface area contributed by atoms with Crippen LogP contribution in [0.2, 0.25) is 0 Å². The highest BCUT2D eigenvalue weighted by Gasteiger charge is 2.29. The number of thioether (sulfide) groups is 1. The lowest BCUT2D eigenvalue weighted by Gasteiger charge is -2.17. The Hall–Kier alpha value is -2.93. The van der Waals surface area contributed by atoms with Crippen LogP contribution >= 0.6 is 11.8 Å². The molecule has 1 saturated heterocycles. The Morgan fingerprint density at radius 2 is 1.81 bits per heavy atom. The fourth-order valence-corrected chi connectivity index (χ4v) is 4.01. The molecular formula is C20H18N4O2S. The highest BCUT2D eigenvalue weighted by molar-refractivity contribution is 8.14. The summed E-state index contributed by atoms with van der Waals surface area (Å²) >= 11 is 1.55. The molecule has 0 bridgehead atoms. The maximum absolute atomic E-state index is 13.3. The number of amides is 1. The average molecular weight is 378 g/mol. The second kappa shape index (κ2) is 7.00. The van der Waals surface area contributed by atoms with Gasteiger partial charge in [0, 0.05) is 24.7 Å². The maximum Gasteiger partial charge on any atom is 0.280 e. The Labute approximate surface area is 160 Å². The zero-order chi connectivity index (χ0) is 19.0. The molecule has 4 rings (SSSR count). The Balaban J connectivity index is 1.79. The van der Waals surface area contributed by atoms with Gasteiger partial charge in [0.25, 0.3) is 11.5 Å². The molecule has 1 aliphatic rings. The van der Waals surface area contributed by atoms with Gasteiger partial charge in [0.2, 0.25) is 0 Å². The summed E-state index contributed by atoms with van der Waals surface area (Å²) in [5.41, 5.74) is 1.95. The Bertz CT molecular complexity index is 1140. The lowest BCUT2D eigenvalue weighted by Crippen LogP contribution is -2.34. The van der Waals surface area contributed by atoms with E-state index in [2.05, 4.69) is 5.10 Å². The molecule has 0 saturated carbocycles. The van der Waals surface area contributed by atoms with Crippen molar-refractivity contribution < 1.29 is 4.79 Å². The van der Waals surface area contributed by atoms with Crippen LogP contribution in [0, 0.1) is 6.92 Å². The van der Waals surface area contributed by atoms with Crippen LogP contribution in [-0.4, -0.2) is 38.1 Å². The zero-order valence-electron chi connectivity index (χ0n) is 15.0. The number of aryl methyl sites for hydroxylation is 2. The van der Waals surface area contributed by atoms with Gasteiger partial charge in [0.05, 0.1) is 11.1 Å². The fourth-order valence-electron chi connectivity index (χ4n) is 3.06. The molecule has 2 aromatic carbocycles. The number of carbonyl (C=O) groups is 1. The SMILES string of the molecule is Cc1ccccc1N=C1SCCN1C(=O)c1nn(C)c(=O)c2ccccc12. The second-order valence-corrected chi connectivity index (χ2v) is 7.37. The van der Waals surface area contributed by atoms with Crippen molar-refractivity contribution in [3.63, 3.8) is 0 Å². The number of carbonyl (C=O) groups excluding carboxylic acids is 1. The van der Waals surface area contributed by atoms with E-state index in [-0.39, 0.29) is 17.2 Å². The number of benzene rings is 2. The summed E-state index contributed by atoms with van der Waals surface area (Å²) in [5.74, 6) is 0.541. The van der Waals surface area contributed by atoms with Crippen molar-refractivity contribution in [2.75, 3.05) is 12.3 Å². The lowest BCUT2D eigenvalue weighted by atomic mass is 10.1. The van der Waals surface area contributed by atoms with Crippen LogP contribution < -0.4 is 5.56 Å². The predicted octanol–water partition coefficient (Wildman–Crippen LogP) is 3.12. The van der Waals surface area contributed by atoms with Crippen molar-refractivity contribution in [2.24, 2.45) is 12.0 Å². The number of para-hydroxylation sites is 1. The normalized spacial score (nSPS) is 15.6. The van der Waals surface area contributed by atoms with E-state index < -0.39 is 0 Å². The topological polar surface area (TPSA) is 67.6 Å². The standard InChI is InChI=1S/C20H18N4O2S/c1-13-7-3-6-10-16(13)21-20-24(11-12-27-20)19(26)17-14-8-4-5-9-15(14)18(25)23(2)22-17/h3-10H,11-12H2,1-2H3. The first-order valence-corrected chi connectivity index (χ1v) is 9.60. The second-order valence-electron chi connectivity index (χ2n) is 6.31. The summed E-state index contributed by atoms with van der Waals surface area (Å²) in [6, 6.07) is 14.9. The number of fused-ring (bicyclic) bond motifs is 1. The predicted molar refractivity (Wildman–Crippen MR) is 109 cm³/mol. The molecule has 0 atom stereocenters. The number of hydrogen-bond donors (Lipinski definition) is 0. The first-order valence-electron chi connectivity index (χ1n) is 8.61. The van der Waals surface area contributed by atoms with Crippen LogP contribution in [-0.2, 0) is 7.05 Å². The summed E-state index contributed by atoms with van der Waals surface area (Å²) < 4.78 is 1.22. The molecule has 0 unspecified atom stereocenters. The van der Waals surface area contributed by atoms with Gasteiger partial charge in [-0.25, -0.2) is 9.67 Å². The van der Waals surface area contributed by atoms with Crippen LogP contribution in [0.25, 0.3) is 10.8 Å². The lowest BCUT2D eigenvalue weighted by molar-refractivity contribution is 0.0853. The Morgan fingerprint density at radius 3 is 2.59 bits per heavy atom. The zero-order valence-corrected chi connectivity index (χ0v) is 15.9. The number of nitrogens with zero attached hydrogens (tertiary/aromatic N) is 4. The van der Waals surface area contributed by atoms with Gasteiger partial charge in [-0.15, -0.1) is 0 Å². The maximum atomic E-state index is 13.3. The molecule has 3 aromatic rings. The van der Waals surface area contributed by atoms with Crippen LogP contribution in [0.5, 0.6) is 0 Å². The van der Waals surface area contributed by atoms with Crippen molar-refractivity contribution in [3.8, 4) is 0 Å². The number of rotatable bonds is 2. The van der Waals surface area contributed by atoms with E-state index in [4.69, 9.17) is 4.99 Å². The summed E-state index contributed by atoms with van der Waals surface area (Å²) in [4.78, 5) is 31.9. The molecule has 7 heteroatoms. The van der Waals surface area contributed by atoms with Crippen molar-refractivity contribution in [3.05, 3.63) is 70.1 Å². The molecule has 27 heavy (non-hydrogen) atoms. The molecule has 0 N–H and O–H groups in total. The molecule has 1 aliphatic heterocycles. The van der Waals surface area contributed by atoms with Crippen molar-refractivity contribution in [2.45, 2.75) is 6.92 Å². The van der Waals surface area contributed by atoms with Gasteiger partial charge >= 0.3 is 0 Å². The number of amidine groups is 1. The molecule has 1 fully saturated rings. The average Bonchev–Trinajstić information content (AvgIpc) is 3.14. The van der Waals surface area contributed by atoms with Gasteiger partial charge in [-0.1, -0.05) is 48.2 Å². The molecular weight excluding hydrogens is 360 g/mol. The van der Waals surface area contributed by atoms with E-state index in [0.29, 0.717) is 22.5 Å². The third-order valence-corrected chi connectivity index (χ3v) is 5.47. The van der Waals surface area contributed by atoms with Crippen LogP contribution in [0.1, 0.15) is 16.1 Å². The van der Waals surface area contributed by atoms with Crippen molar-refractivity contribution in [1.82, 2.24) is 14.7 Å². The van der Waals surface area contributed by atoms with E-state index in [1.165, 1.54) is 4.68 Å². The molecule has 6 nitrogen and oxygen atoms in total. The van der Waals surface area contributed by atoms with Crippen LogP contribution in [0.4, 0.5) is 5.69 Å². The van der Waals surface area contributed by atoms with Gasteiger partial charge in [-0.05, 0) is 24.6 Å². The van der Waals surface area contributed by atoms with E-state index in [9.17, 15) is 9.59 Å². The first-order chi connectivity index (χ1) is 13.1. The van der Waals surface area contributed by atoms with Crippen LogP contribution in [0.3, 0.4) is 0 Å². The number of aromatic nitrogens is 2. The van der Waals surface area contributed by atoms with Gasteiger partial charge in [0.15, 0.2) is 10.9 Å². The van der Waals surface area contributed by atoms with Gasteiger partial charge < -0.3 is 0 Å². The first kappa shape index (κ1) is 17.5. The Kier molecular flexibility index (Phi) is 4.53. The highest BCUT2D eigenvalue weighted by atomic mass is 32.2. The molecule has 0 spiro atoms. The molecule has 136 valence electrons. The molecule has 1 aromatic heterocycles. The van der Waals surface area contributed by atoms with Gasteiger partial charge in [0.1, 0.15) is 0 Å². The van der Waals surface area contributed by atoms with E-state index in [1.807, 2.05) is 31.2 Å². The minimum Gasteiger partial charge on any atom is -0.285 e. The van der Waals surface area contributed by atoms with Crippen molar-refractivity contribution in [1.29, 1.82) is 0 Å². The molecule has 0 radical (unpaired) electrons. The highest BCUT2D eigenvalue weighted by Crippen LogP contribution is 2.27. The molecule has 0 aliphatic carbocycles. The third-order valence-electron chi connectivity index (χ3n) is 4.51. The Morgan fingerprint density at radius 1 is 1.11 bits per heavy atom. The molecule has 2 heterocycles. The number of aliphatic imine (C=N–C) groups is 1. The smallest absolute Gasteiger partial charge is 0.280 e. The summed E-state index contributed by atoms with van der Waals surface area (Å²) in [5, 5.41) is 5.97. The minimum atomic E-state index is -0.237. The largest absolute Gasteiger partial charge is 0.285 e. The summed E-state index contributed by atoms with van der Waals surface area (Å²) in [7, 11) is 1.56. The molecule has 1 amide bonds. The van der Waals surface area contributed by atoms with E-state index >= 15 is 0 Å². The van der Waals surface area contributed by atoms with Gasteiger partial charge in [-0.3, -0.25) is 14.5 Å².